The van der Waals surface area contributed by atoms with Gasteiger partial charge in [-0.15, -0.1) is 12.4 Å². The molecule has 1 aliphatic heterocycles. The Hall–Kier alpha value is 0.160. The molecule has 1 heterocycles. The van der Waals surface area contributed by atoms with Crippen LogP contribution in [0.25, 0.3) is 0 Å². The zero-order valence-electron chi connectivity index (χ0n) is 9.73. The van der Waals surface area contributed by atoms with Crippen molar-refractivity contribution in [3.8, 4) is 0 Å². The SMILES string of the molecule is CN1CCC(CN(C)S(C)(=N)=O)CC1.Cl. The molecule has 1 rings (SSSR count). The number of likely N-dealkylation sites (tertiary alicyclic amines) is 1. The van der Waals surface area contributed by atoms with Gasteiger partial charge in [-0.3, -0.25) is 0 Å². The Morgan fingerprint density at radius 3 is 2.33 bits per heavy atom. The minimum absolute atomic E-state index is 0. The van der Waals surface area contributed by atoms with Crippen LogP contribution in [-0.2, 0) is 9.92 Å². The van der Waals surface area contributed by atoms with Crippen LogP contribution in [0.3, 0.4) is 0 Å². The molecule has 0 aromatic heterocycles. The van der Waals surface area contributed by atoms with E-state index in [4.69, 9.17) is 4.78 Å². The molecule has 1 aliphatic rings. The first-order valence-corrected chi connectivity index (χ1v) is 6.95. The Balaban J connectivity index is 0.00000196. The topological polar surface area (TPSA) is 47.4 Å². The van der Waals surface area contributed by atoms with Gasteiger partial charge in [0.15, 0.2) is 0 Å². The summed E-state index contributed by atoms with van der Waals surface area (Å²) in [7, 11) is 1.42. The Labute approximate surface area is 99.5 Å². The van der Waals surface area contributed by atoms with Crippen molar-refractivity contribution >= 4 is 22.3 Å². The van der Waals surface area contributed by atoms with Gasteiger partial charge in [0.2, 0.25) is 0 Å². The number of halogens is 1. The van der Waals surface area contributed by atoms with Crippen LogP contribution < -0.4 is 0 Å². The molecule has 0 aliphatic carbocycles. The fourth-order valence-electron chi connectivity index (χ4n) is 1.75. The zero-order valence-corrected chi connectivity index (χ0v) is 11.4. The number of piperidine rings is 1. The average molecular weight is 256 g/mol. The number of hydrogen-bond acceptors (Lipinski definition) is 3. The maximum Gasteiger partial charge on any atom is 0.104 e. The first kappa shape index (κ1) is 15.2. The van der Waals surface area contributed by atoms with Crippen molar-refractivity contribution in [3.63, 3.8) is 0 Å². The molecule has 1 N–H and O–H groups in total. The maximum absolute atomic E-state index is 11.4. The molecule has 1 unspecified atom stereocenters. The summed E-state index contributed by atoms with van der Waals surface area (Å²) < 4.78 is 20.5. The van der Waals surface area contributed by atoms with Crippen LogP contribution in [0.5, 0.6) is 0 Å². The molecule has 1 fully saturated rings. The highest BCUT2D eigenvalue weighted by Crippen LogP contribution is 2.17. The molecule has 92 valence electrons. The molecular weight excluding hydrogens is 234 g/mol. The van der Waals surface area contributed by atoms with Gasteiger partial charge in [-0.1, -0.05) is 0 Å². The lowest BCUT2D eigenvalue weighted by molar-refractivity contribution is 0.203. The second-order valence-corrected chi connectivity index (χ2v) is 6.59. The first-order valence-electron chi connectivity index (χ1n) is 5.03. The smallest absolute Gasteiger partial charge is 0.104 e. The van der Waals surface area contributed by atoms with Gasteiger partial charge in [-0.05, 0) is 38.9 Å². The molecule has 15 heavy (non-hydrogen) atoms. The van der Waals surface area contributed by atoms with Crippen molar-refractivity contribution in [2.24, 2.45) is 5.92 Å². The molecule has 0 bridgehead atoms. The monoisotopic (exact) mass is 255 g/mol. The zero-order chi connectivity index (χ0) is 10.8. The number of nitrogens with one attached hydrogen (secondary N) is 1. The Morgan fingerprint density at radius 2 is 1.93 bits per heavy atom. The van der Waals surface area contributed by atoms with E-state index >= 15 is 0 Å². The van der Waals surface area contributed by atoms with Gasteiger partial charge in [0.25, 0.3) is 0 Å². The summed E-state index contributed by atoms with van der Waals surface area (Å²) in [6.07, 6.45) is 3.81. The van der Waals surface area contributed by atoms with E-state index in [1.54, 1.807) is 11.4 Å². The number of nitrogens with zero attached hydrogens (tertiary/aromatic N) is 2. The van der Waals surface area contributed by atoms with Gasteiger partial charge in [0.05, 0.1) is 0 Å². The summed E-state index contributed by atoms with van der Waals surface area (Å²) in [4.78, 5) is 2.32. The third-order valence-electron chi connectivity index (χ3n) is 2.95. The molecule has 0 aromatic carbocycles. The summed E-state index contributed by atoms with van der Waals surface area (Å²) in [5.74, 6) is 0.613. The van der Waals surface area contributed by atoms with E-state index in [0.717, 1.165) is 32.5 Å². The van der Waals surface area contributed by atoms with Gasteiger partial charge in [-0.2, -0.15) is 0 Å². The van der Waals surface area contributed by atoms with E-state index in [0.29, 0.717) is 5.92 Å². The predicted octanol–water partition coefficient (Wildman–Crippen LogP) is 1.27. The fourth-order valence-corrected chi connectivity index (χ4v) is 2.25. The Morgan fingerprint density at radius 1 is 1.47 bits per heavy atom. The lowest BCUT2D eigenvalue weighted by Gasteiger charge is -2.31. The van der Waals surface area contributed by atoms with Crippen molar-refractivity contribution in [2.45, 2.75) is 12.8 Å². The summed E-state index contributed by atoms with van der Waals surface area (Å²) in [5, 5.41) is 0. The van der Waals surface area contributed by atoms with Gasteiger partial charge >= 0.3 is 0 Å². The van der Waals surface area contributed by atoms with Crippen LogP contribution in [0.2, 0.25) is 0 Å². The number of rotatable bonds is 3. The lowest BCUT2D eigenvalue weighted by Crippen LogP contribution is -2.37. The van der Waals surface area contributed by atoms with E-state index in [1.807, 2.05) is 0 Å². The van der Waals surface area contributed by atoms with E-state index in [9.17, 15) is 4.21 Å². The van der Waals surface area contributed by atoms with Gasteiger partial charge < -0.3 is 4.90 Å². The summed E-state index contributed by atoms with van der Waals surface area (Å²) in [5.41, 5.74) is 0. The van der Waals surface area contributed by atoms with E-state index in [2.05, 4.69) is 11.9 Å². The molecule has 0 spiro atoms. The van der Waals surface area contributed by atoms with Crippen molar-refractivity contribution in [3.05, 3.63) is 0 Å². The molecule has 1 saturated heterocycles. The second kappa shape index (κ2) is 6.03. The molecule has 0 radical (unpaired) electrons. The van der Waals surface area contributed by atoms with Crippen LogP contribution in [0, 0.1) is 10.7 Å². The van der Waals surface area contributed by atoms with Crippen molar-refractivity contribution < 1.29 is 4.21 Å². The van der Waals surface area contributed by atoms with Crippen LogP contribution >= 0.6 is 12.4 Å². The van der Waals surface area contributed by atoms with E-state index < -0.39 is 9.92 Å². The summed E-state index contributed by atoms with van der Waals surface area (Å²) in [6, 6.07) is 0. The highest BCUT2D eigenvalue weighted by Gasteiger charge is 2.20. The molecule has 4 nitrogen and oxygen atoms in total. The molecule has 6 heteroatoms. The van der Waals surface area contributed by atoms with Crippen molar-refractivity contribution in [1.82, 2.24) is 9.21 Å². The highest BCUT2D eigenvalue weighted by atomic mass is 35.5. The van der Waals surface area contributed by atoms with Crippen LogP contribution in [0.4, 0.5) is 0 Å². The number of hydrogen-bond donors (Lipinski definition) is 1. The average Bonchev–Trinajstić information content (AvgIpc) is 2.07. The minimum Gasteiger partial charge on any atom is -0.306 e. The highest BCUT2D eigenvalue weighted by molar-refractivity contribution is 7.89. The van der Waals surface area contributed by atoms with Crippen molar-refractivity contribution in [1.29, 1.82) is 4.78 Å². The lowest BCUT2D eigenvalue weighted by atomic mass is 9.97. The van der Waals surface area contributed by atoms with Gasteiger partial charge in [-0.25, -0.2) is 13.3 Å². The molecular formula is C9H22ClN3OS. The minimum atomic E-state index is -2.50. The van der Waals surface area contributed by atoms with Gasteiger partial charge in [0.1, 0.15) is 9.92 Å². The maximum atomic E-state index is 11.4. The first-order chi connectivity index (χ1) is 6.39. The standard InChI is InChI=1S/C9H21N3OS.ClH/c1-11-6-4-9(5-7-11)8-12(2)14(3,10)13;/h9-10H,4-8H2,1-3H3;1H. The third-order valence-corrected chi connectivity index (χ3v) is 4.29. The Kier molecular flexibility index (Phi) is 6.10. The molecule has 1 atom stereocenters. The molecule has 0 amide bonds. The van der Waals surface area contributed by atoms with Crippen LogP contribution in [-0.4, -0.2) is 53.4 Å². The summed E-state index contributed by atoms with van der Waals surface area (Å²) in [6.45, 7) is 3.05. The predicted molar refractivity (Wildman–Crippen MR) is 66.9 cm³/mol. The second-order valence-electron chi connectivity index (χ2n) is 4.36. The Bertz CT molecular complexity index is 273. The van der Waals surface area contributed by atoms with Crippen LogP contribution in [0.1, 0.15) is 12.8 Å². The normalized spacial score (nSPS) is 23.5. The summed E-state index contributed by atoms with van der Waals surface area (Å²) >= 11 is 0. The third kappa shape index (κ3) is 5.15. The van der Waals surface area contributed by atoms with E-state index in [1.165, 1.54) is 6.26 Å². The van der Waals surface area contributed by atoms with Gasteiger partial charge in [0, 0.05) is 19.8 Å². The van der Waals surface area contributed by atoms with Crippen molar-refractivity contribution in [2.75, 3.05) is 40.0 Å². The quantitative estimate of drug-likeness (QED) is 0.826. The van der Waals surface area contributed by atoms with Crippen LogP contribution in [0.15, 0.2) is 0 Å². The largest absolute Gasteiger partial charge is 0.306 e. The molecule has 0 aromatic rings. The fraction of sp³-hybridized carbons (Fsp3) is 1.00. The van der Waals surface area contributed by atoms with E-state index in [-0.39, 0.29) is 12.4 Å². The molecule has 0 saturated carbocycles.